The number of thioether (sulfide) groups is 1. The molecule has 6 heteroatoms. The smallest absolute Gasteiger partial charge is 0.253 e. The molecule has 0 atom stereocenters. The van der Waals surface area contributed by atoms with Crippen LogP contribution in [-0.2, 0) is 11.3 Å². The molecule has 0 bridgehead atoms. The zero-order valence-corrected chi connectivity index (χ0v) is 15.7. The molecule has 4 rings (SSSR count). The van der Waals surface area contributed by atoms with Crippen LogP contribution in [0.4, 0.5) is 0 Å². The summed E-state index contributed by atoms with van der Waals surface area (Å²) in [6, 6.07) is 18.0. The highest BCUT2D eigenvalue weighted by Gasteiger charge is 2.22. The first kappa shape index (κ1) is 17.5. The lowest BCUT2D eigenvalue weighted by Gasteiger charge is -2.11. The molecule has 2 aromatic carbocycles. The van der Waals surface area contributed by atoms with Gasteiger partial charge >= 0.3 is 0 Å². The molecule has 1 aliphatic heterocycles. The summed E-state index contributed by atoms with van der Waals surface area (Å²) in [6.45, 7) is 5.12. The average Bonchev–Trinajstić information content (AvgIpc) is 3.33. The van der Waals surface area contributed by atoms with Gasteiger partial charge in [-0.25, -0.2) is 9.99 Å². The van der Waals surface area contributed by atoms with Gasteiger partial charge in [0, 0.05) is 13.0 Å². The van der Waals surface area contributed by atoms with Crippen LogP contribution in [0.25, 0.3) is 11.0 Å². The number of nitrogens with zero attached hydrogens (tertiary/aromatic N) is 4. The summed E-state index contributed by atoms with van der Waals surface area (Å²) < 4.78 is 2.09. The third kappa shape index (κ3) is 3.66. The predicted molar refractivity (Wildman–Crippen MR) is 110 cm³/mol. The van der Waals surface area contributed by atoms with Crippen molar-refractivity contribution in [3.05, 3.63) is 72.8 Å². The Labute approximate surface area is 162 Å². The average molecular weight is 376 g/mol. The maximum absolute atomic E-state index is 12.6. The lowest BCUT2D eigenvalue weighted by atomic mass is 10.1. The van der Waals surface area contributed by atoms with Crippen molar-refractivity contribution in [2.24, 2.45) is 5.10 Å². The SMILES string of the molecule is C=CCn1c(SCC(=O)N2CCC(c3ccccc3)=N2)nc2ccccc21. The molecule has 2 heterocycles. The quantitative estimate of drug-likeness (QED) is 0.483. The van der Waals surface area contributed by atoms with E-state index in [2.05, 4.69) is 21.2 Å². The van der Waals surface area contributed by atoms with Crippen LogP contribution in [0.15, 0.2) is 77.5 Å². The lowest BCUT2D eigenvalue weighted by molar-refractivity contribution is -0.127. The molecule has 0 radical (unpaired) electrons. The fourth-order valence-corrected chi connectivity index (χ4v) is 4.03. The molecule has 3 aromatic rings. The number of allylic oxidation sites excluding steroid dienone is 1. The van der Waals surface area contributed by atoms with Gasteiger partial charge in [0.1, 0.15) is 0 Å². The molecule has 0 saturated carbocycles. The second-order valence-corrected chi connectivity index (χ2v) is 7.19. The summed E-state index contributed by atoms with van der Waals surface area (Å²) in [5, 5.41) is 6.92. The first-order valence-corrected chi connectivity index (χ1v) is 9.87. The van der Waals surface area contributed by atoms with Crippen molar-refractivity contribution in [1.29, 1.82) is 0 Å². The monoisotopic (exact) mass is 376 g/mol. The molecule has 0 N–H and O–H groups in total. The summed E-state index contributed by atoms with van der Waals surface area (Å²) in [5.41, 5.74) is 4.03. The van der Waals surface area contributed by atoms with Gasteiger partial charge < -0.3 is 4.57 Å². The van der Waals surface area contributed by atoms with Crippen molar-refractivity contribution < 1.29 is 4.79 Å². The number of imidazole rings is 1. The molecule has 0 spiro atoms. The number of hydrogen-bond donors (Lipinski definition) is 0. The van der Waals surface area contributed by atoms with E-state index in [0.29, 0.717) is 18.8 Å². The number of benzene rings is 2. The number of fused-ring (bicyclic) bond motifs is 1. The van der Waals surface area contributed by atoms with Crippen LogP contribution in [0.1, 0.15) is 12.0 Å². The largest absolute Gasteiger partial charge is 0.315 e. The van der Waals surface area contributed by atoms with Gasteiger partial charge in [0.15, 0.2) is 5.16 Å². The van der Waals surface area contributed by atoms with Crippen LogP contribution in [-0.4, -0.2) is 38.5 Å². The van der Waals surface area contributed by atoms with Crippen molar-refractivity contribution in [1.82, 2.24) is 14.6 Å². The van der Waals surface area contributed by atoms with E-state index in [1.165, 1.54) is 11.8 Å². The minimum Gasteiger partial charge on any atom is -0.315 e. The van der Waals surface area contributed by atoms with E-state index in [9.17, 15) is 4.79 Å². The second kappa shape index (κ2) is 7.80. The van der Waals surface area contributed by atoms with Crippen molar-refractivity contribution >= 4 is 34.4 Å². The van der Waals surface area contributed by atoms with Gasteiger partial charge in [-0.15, -0.1) is 6.58 Å². The zero-order chi connectivity index (χ0) is 18.6. The Kier molecular flexibility index (Phi) is 5.07. The van der Waals surface area contributed by atoms with Crippen LogP contribution in [0.5, 0.6) is 0 Å². The summed E-state index contributed by atoms with van der Waals surface area (Å²) in [4.78, 5) is 17.3. The van der Waals surface area contributed by atoms with Gasteiger partial charge in [-0.1, -0.05) is 60.3 Å². The molecule has 0 unspecified atom stereocenters. The highest BCUT2D eigenvalue weighted by molar-refractivity contribution is 7.99. The Morgan fingerprint density at radius 3 is 2.74 bits per heavy atom. The van der Waals surface area contributed by atoms with E-state index >= 15 is 0 Å². The lowest BCUT2D eigenvalue weighted by Crippen LogP contribution is -2.25. The van der Waals surface area contributed by atoms with Gasteiger partial charge in [0.05, 0.1) is 29.0 Å². The number of aromatic nitrogens is 2. The third-order valence-corrected chi connectivity index (χ3v) is 5.41. The molecular formula is C21H20N4OS. The second-order valence-electron chi connectivity index (χ2n) is 6.25. The van der Waals surface area contributed by atoms with Gasteiger partial charge in [0.25, 0.3) is 5.91 Å². The number of carbonyl (C=O) groups is 1. The van der Waals surface area contributed by atoms with E-state index in [1.807, 2.05) is 60.7 Å². The summed E-state index contributed by atoms with van der Waals surface area (Å²) >= 11 is 1.45. The number of carbonyl (C=O) groups excluding carboxylic acids is 1. The maximum Gasteiger partial charge on any atom is 0.253 e. The number of hydrogen-bond acceptors (Lipinski definition) is 4. The highest BCUT2D eigenvalue weighted by atomic mass is 32.2. The van der Waals surface area contributed by atoms with Gasteiger partial charge in [-0.3, -0.25) is 4.79 Å². The molecule has 0 saturated heterocycles. The molecule has 136 valence electrons. The summed E-state index contributed by atoms with van der Waals surface area (Å²) in [5.74, 6) is 0.314. The highest BCUT2D eigenvalue weighted by Crippen LogP contribution is 2.25. The number of para-hydroxylation sites is 2. The van der Waals surface area contributed by atoms with Crippen LogP contribution < -0.4 is 0 Å². The number of amides is 1. The minimum atomic E-state index is 0.00291. The van der Waals surface area contributed by atoms with Gasteiger partial charge in [0.2, 0.25) is 0 Å². The third-order valence-electron chi connectivity index (χ3n) is 4.45. The molecule has 0 fully saturated rings. The molecule has 5 nitrogen and oxygen atoms in total. The van der Waals surface area contributed by atoms with E-state index < -0.39 is 0 Å². The Hall–Kier alpha value is -2.86. The molecule has 1 aromatic heterocycles. The van der Waals surface area contributed by atoms with Crippen LogP contribution >= 0.6 is 11.8 Å². The zero-order valence-electron chi connectivity index (χ0n) is 14.9. The van der Waals surface area contributed by atoms with Crippen LogP contribution in [0.2, 0.25) is 0 Å². The Morgan fingerprint density at radius 2 is 1.93 bits per heavy atom. The summed E-state index contributed by atoms with van der Waals surface area (Å²) in [6.07, 6.45) is 2.63. The van der Waals surface area contributed by atoms with Crippen LogP contribution in [0, 0.1) is 0 Å². The molecule has 0 aliphatic carbocycles. The molecular weight excluding hydrogens is 356 g/mol. The van der Waals surface area contributed by atoms with E-state index in [0.717, 1.165) is 33.9 Å². The van der Waals surface area contributed by atoms with E-state index in [1.54, 1.807) is 5.01 Å². The van der Waals surface area contributed by atoms with Crippen molar-refractivity contribution in [3.63, 3.8) is 0 Å². The number of rotatable bonds is 6. The fourth-order valence-electron chi connectivity index (χ4n) is 3.14. The first-order chi connectivity index (χ1) is 13.3. The van der Waals surface area contributed by atoms with E-state index in [-0.39, 0.29) is 5.91 Å². The topological polar surface area (TPSA) is 50.5 Å². The molecule has 27 heavy (non-hydrogen) atoms. The van der Waals surface area contributed by atoms with Gasteiger partial charge in [-0.05, 0) is 17.7 Å². The standard InChI is InChI=1S/C21H20N4OS/c1-2-13-24-19-11-7-6-10-18(19)22-21(24)27-15-20(26)25-14-12-17(23-25)16-8-4-3-5-9-16/h2-11H,1,12-15H2. The Balaban J connectivity index is 1.47. The maximum atomic E-state index is 12.6. The van der Waals surface area contributed by atoms with Crippen LogP contribution in [0.3, 0.4) is 0 Å². The Morgan fingerprint density at radius 1 is 1.15 bits per heavy atom. The molecule has 1 amide bonds. The Bertz CT molecular complexity index is 1010. The minimum absolute atomic E-state index is 0.00291. The predicted octanol–water partition coefficient (Wildman–Crippen LogP) is 3.95. The van der Waals surface area contributed by atoms with Crippen molar-refractivity contribution in [3.8, 4) is 0 Å². The van der Waals surface area contributed by atoms with E-state index in [4.69, 9.17) is 0 Å². The fraction of sp³-hybridized carbons (Fsp3) is 0.190. The van der Waals surface area contributed by atoms with Gasteiger partial charge in [-0.2, -0.15) is 5.10 Å². The normalized spacial score (nSPS) is 13.8. The number of hydrazone groups is 1. The van der Waals surface area contributed by atoms with Crippen molar-refractivity contribution in [2.45, 2.75) is 18.1 Å². The molecule has 1 aliphatic rings. The van der Waals surface area contributed by atoms with Crippen molar-refractivity contribution in [2.75, 3.05) is 12.3 Å². The first-order valence-electron chi connectivity index (χ1n) is 8.88. The summed E-state index contributed by atoms with van der Waals surface area (Å²) in [7, 11) is 0.